The van der Waals surface area contributed by atoms with Crippen LogP contribution in [-0.2, 0) is 11.2 Å². The van der Waals surface area contributed by atoms with E-state index in [2.05, 4.69) is 38.1 Å². The van der Waals surface area contributed by atoms with Crippen molar-refractivity contribution in [2.24, 2.45) is 0 Å². The highest BCUT2D eigenvalue weighted by molar-refractivity contribution is 5.21. The van der Waals surface area contributed by atoms with Crippen molar-refractivity contribution >= 4 is 0 Å². The van der Waals surface area contributed by atoms with Crippen molar-refractivity contribution in [2.45, 2.75) is 32.8 Å². The first-order chi connectivity index (χ1) is 6.22. The molecule has 1 heteroatoms. The van der Waals surface area contributed by atoms with Crippen molar-refractivity contribution < 1.29 is 4.74 Å². The van der Waals surface area contributed by atoms with Gasteiger partial charge in [0.25, 0.3) is 0 Å². The van der Waals surface area contributed by atoms with Crippen LogP contribution < -0.4 is 0 Å². The van der Waals surface area contributed by atoms with E-state index < -0.39 is 0 Å². The Morgan fingerprint density at radius 1 is 1.23 bits per heavy atom. The molecular formula is C12H18O. The predicted octanol–water partition coefficient (Wildman–Crippen LogP) is 2.96. The van der Waals surface area contributed by atoms with E-state index >= 15 is 0 Å². The van der Waals surface area contributed by atoms with Gasteiger partial charge >= 0.3 is 0 Å². The van der Waals surface area contributed by atoms with Crippen molar-refractivity contribution in [3.05, 3.63) is 35.4 Å². The summed E-state index contributed by atoms with van der Waals surface area (Å²) < 4.78 is 5.20. The lowest BCUT2D eigenvalue weighted by molar-refractivity contribution is 0.111. The Balaban J connectivity index is 2.41. The highest BCUT2D eigenvalue weighted by Crippen LogP contribution is 2.08. The SMILES string of the molecule is COC(C)CCc1ccc(C)cc1. The van der Waals surface area contributed by atoms with E-state index in [4.69, 9.17) is 4.74 Å². The van der Waals surface area contributed by atoms with Crippen LogP contribution in [0.4, 0.5) is 0 Å². The van der Waals surface area contributed by atoms with Gasteiger partial charge in [-0.05, 0) is 32.3 Å². The molecule has 13 heavy (non-hydrogen) atoms. The van der Waals surface area contributed by atoms with Crippen LogP contribution in [0.15, 0.2) is 24.3 Å². The predicted molar refractivity (Wildman–Crippen MR) is 56.0 cm³/mol. The number of aryl methyl sites for hydroxylation is 2. The highest BCUT2D eigenvalue weighted by Gasteiger charge is 1.99. The summed E-state index contributed by atoms with van der Waals surface area (Å²) in [6.45, 7) is 4.22. The summed E-state index contributed by atoms with van der Waals surface area (Å²) in [5.41, 5.74) is 2.72. The molecule has 1 nitrogen and oxygen atoms in total. The van der Waals surface area contributed by atoms with Gasteiger partial charge in [0.2, 0.25) is 0 Å². The van der Waals surface area contributed by atoms with Gasteiger partial charge in [0.05, 0.1) is 6.10 Å². The van der Waals surface area contributed by atoms with Crippen LogP contribution in [0, 0.1) is 6.92 Å². The maximum Gasteiger partial charge on any atom is 0.0546 e. The van der Waals surface area contributed by atoms with Gasteiger partial charge in [-0.2, -0.15) is 0 Å². The fourth-order valence-corrected chi connectivity index (χ4v) is 1.24. The summed E-state index contributed by atoms with van der Waals surface area (Å²) in [4.78, 5) is 0. The Hall–Kier alpha value is -0.820. The normalized spacial score (nSPS) is 12.8. The summed E-state index contributed by atoms with van der Waals surface area (Å²) in [5, 5.41) is 0. The van der Waals surface area contributed by atoms with Gasteiger partial charge in [0.15, 0.2) is 0 Å². The number of hydrogen-bond donors (Lipinski definition) is 0. The summed E-state index contributed by atoms with van der Waals surface area (Å²) >= 11 is 0. The molecule has 0 radical (unpaired) electrons. The first kappa shape index (κ1) is 10.3. The minimum atomic E-state index is 0.362. The van der Waals surface area contributed by atoms with Crippen LogP contribution in [0.2, 0.25) is 0 Å². The summed E-state index contributed by atoms with van der Waals surface area (Å²) in [5.74, 6) is 0. The average molecular weight is 178 g/mol. The van der Waals surface area contributed by atoms with Gasteiger partial charge in [0.1, 0.15) is 0 Å². The van der Waals surface area contributed by atoms with Crippen LogP contribution in [0.25, 0.3) is 0 Å². The second-order valence-corrected chi connectivity index (χ2v) is 3.57. The monoisotopic (exact) mass is 178 g/mol. The fourth-order valence-electron chi connectivity index (χ4n) is 1.24. The molecule has 0 amide bonds. The van der Waals surface area contributed by atoms with Crippen LogP contribution in [0.1, 0.15) is 24.5 Å². The maximum atomic E-state index is 5.20. The van der Waals surface area contributed by atoms with Gasteiger partial charge in [-0.25, -0.2) is 0 Å². The molecule has 0 spiro atoms. The number of methoxy groups -OCH3 is 1. The lowest BCUT2D eigenvalue weighted by Gasteiger charge is -2.08. The minimum Gasteiger partial charge on any atom is -0.382 e. The second-order valence-electron chi connectivity index (χ2n) is 3.57. The van der Waals surface area contributed by atoms with Gasteiger partial charge < -0.3 is 4.74 Å². The molecule has 1 atom stereocenters. The quantitative estimate of drug-likeness (QED) is 0.688. The Labute approximate surface area is 80.7 Å². The molecule has 1 aromatic carbocycles. The molecule has 0 aliphatic heterocycles. The Morgan fingerprint density at radius 3 is 2.38 bits per heavy atom. The van der Waals surface area contributed by atoms with E-state index in [1.165, 1.54) is 11.1 Å². The molecule has 0 saturated heterocycles. The van der Waals surface area contributed by atoms with E-state index in [9.17, 15) is 0 Å². The van der Waals surface area contributed by atoms with Crippen molar-refractivity contribution in [3.63, 3.8) is 0 Å². The van der Waals surface area contributed by atoms with Gasteiger partial charge in [0, 0.05) is 7.11 Å². The van der Waals surface area contributed by atoms with Crippen LogP contribution >= 0.6 is 0 Å². The minimum absolute atomic E-state index is 0.362. The molecular weight excluding hydrogens is 160 g/mol. The summed E-state index contributed by atoms with van der Waals surface area (Å²) in [6.07, 6.45) is 2.57. The van der Waals surface area contributed by atoms with Crippen LogP contribution in [-0.4, -0.2) is 13.2 Å². The number of rotatable bonds is 4. The van der Waals surface area contributed by atoms with E-state index in [-0.39, 0.29) is 0 Å². The zero-order chi connectivity index (χ0) is 9.68. The molecule has 0 bridgehead atoms. The molecule has 1 unspecified atom stereocenters. The third-order valence-corrected chi connectivity index (χ3v) is 2.36. The zero-order valence-electron chi connectivity index (χ0n) is 8.71. The standard InChI is InChI=1S/C12H18O/c1-10-4-7-12(8-5-10)9-6-11(2)13-3/h4-5,7-8,11H,6,9H2,1-3H3. The zero-order valence-corrected chi connectivity index (χ0v) is 8.71. The number of benzene rings is 1. The topological polar surface area (TPSA) is 9.23 Å². The molecule has 1 aromatic rings. The molecule has 0 aromatic heterocycles. The van der Waals surface area contributed by atoms with E-state index in [1.807, 2.05) is 0 Å². The molecule has 0 aliphatic rings. The molecule has 0 N–H and O–H groups in total. The number of ether oxygens (including phenoxy) is 1. The first-order valence-electron chi connectivity index (χ1n) is 4.80. The first-order valence-corrected chi connectivity index (χ1v) is 4.80. The Kier molecular flexibility index (Phi) is 3.97. The fraction of sp³-hybridized carbons (Fsp3) is 0.500. The number of hydrogen-bond acceptors (Lipinski definition) is 1. The molecule has 0 fully saturated rings. The third kappa shape index (κ3) is 3.60. The largest absolute Gasteiger partial charge is 0.382 e. The summed E-state index contributed by atoms with van der Waals surface area (Å²) in [6, 6.07) is 8.70. The smallest absolute Gasteiger partial charge is 0.0546 e. The molecule has 0 heterocycles. The third-order valence-electron chi connectivity index (χ3n) is 2.36. The molecule has 1 rings (SSSR count). The lowest BCUT2D eigenvalue weighted by atomic mass is 10.1. The van der Waals surface area contributed by atoms with Crippen molar-refractivity contribution in [1.29, 1.82) is 0 Å². The van der Waals surface area contributed by atoms with Crippen LogP contribution in [0.5, 0.6) is 0 Å². The van der Waals surface area contributed by atoms with Crippen molar-refractivity contribution in [3.8, 4) is 0 Å². The Morgan fingerprint density at radius 2 is 1.85 bits per heavy atom. The Bertz CT molecular complexity index is 238. The maximum absolute atomic E-state index is 5.20. The van der Waals surface area contributed by atoms with Gasteiger partial charge in [-0.15, -0.1) is 0 Å². The summed E-state index contributed by atoms with van der Waals surface area (Å²) in [7, 11) is 1.76. The van der Waals surface area contributed by atoms with E-state index in [0.29, 0.717) is 6.10 Å². The molecule has 72 valence electrons. The molecule has 0 aliphatic carbocycles. The van der Waals surface area contributed by atoms with Crippen molar-refractivity contribution in [2.75, 3.05) is 7.11 Å². The van der Waals surface area contributed by atoms with Crippen LogP contribution in [0.3, 0.4) is 0 Å². The van der Waals surface area contributed by atoms with E-state index in [0.717, 1.165) is 12.8 Å². The average Bonchev–Trinajstić information content (AvgIpc) is 2.16. The van der Waals surface area contributed by atoms with Gasteiger partial charge in [-0.3, -0.25) is 0 Å². The lowest BCUT2D eigenvalue weighted by Crippen LogP contribution is -2.05. The van der Waals surface area contributed by atoms with Gasteiger partial charge in [-0.1, -0.05) is 29.8 Å². The highest BCUT2D eigenvalue weighted by atomic mass is 16.5. The van der Waals surface area contributed by atoms with E-state index in [1.54, 1.807) is 7.11 Å². The van der Waals surface area contributed by atoms with Crippen molar-refractivity contribution in [1.82, 2.24) is 0 Å². The second kappa shape index (κ2) is 5.03. The molecule has 0 saturated carbocycles.